The maximum absolute atomic E-state index is 13.0. The fourth-order valence-electron chi connectivity index (χ4n) is 4.06. The number of nitrogens with zero attached hydrogens (tertiary/aromatic N) is 1. The number of para-hydroxylation sites is 1. The van der Waals surface area contributed by atoms with E-state index in [2.05, 4.69) is 15.8 Å². The molecule has 0 aliphatic carbocycles. The first-order valence-electron chi connectivity index (χ1n) is 12.6. The van der Waals surface area contributed by atoms with Gasteiger partial charge in [-0.1, -0.05) is 53.7 Å². The highest BCUT2D eigenvalue weighted by atomic mass is 16.5. The quantitative estimate of drug-likeness (QED) is 0.255. The number of carbonyl (C=O) groups is 2. The number of phenols is 1. The van der Waals surface area contributed by atoms with Crippen molar-refractivity contribution in [2.75, 3.05) is 19.5 Å². The normalized spacial score (nSPS) is 11.8. The number of nitrogens with one attached hydrogen (secondary N) is 2. The van der Waals surface area contributed by atoms with Gasteiger partial charge in [-0.05, 0) is 58.9 Å². The molecule has 0 fully saturated rings. The van der Waals surface area contributed by atoms with Gasteiger partial charge in [0.25, 0.3) is 11.8 Å². The molecule has 8 heteroatoms. The number of benzene rings is 3. The summed E-state index contributed by atoms with van der Waals surface area (Å²) in [4.78, 5) is 25.9. The molecule has 3 aromatic rings. The van der Waals surface area contributed by atoms with Gasteiger partial charge in [0.1, 0.15) is 5.75 Å². The first-order valence-corrected chi connectivity index (χ1v) is 12.6. The second-order valence-corrected chi connectivity index (χ2v) is 11.2. The van der Waals surface area contributed by atoms with Gasteiger partial charge in [-0.25, -0.2) is 5.43 Å². The lowest BCUT2D eigenvalue weighted by Gasteiger charge is -2.27. The molecule has 2 amide bonds. The third kappa shape index (κ3) is 6.96. The zero-order valence-electron chi connectivity index (χ0n) is 23.8. The van der Waals surface area contributed by atoms with E-state index in [1.807, 2.05) is 53.7 Å². The molecule has 0 saturated carbocycles. The van der Waals surface area contributed by atoms with Crippen LogP contribution in [0.1, 0.15) is 78.9 Å². The molecule has 0 radical (unpaired) electrons. The Bertz CT molecular complexity index is 1360. The Morgan fingerprint density at radius 3 is 1.97 bits per heavy atom. The molecular formula is C31H37N3O5. The largest absolute Gasteiger partial charge is 0.507 e. The molecule has 3 N–H and O–H groups in total. The summed E-state index contributed by atoms with van der Waals surface area (Å²) in [5.41, 5.74) is 5.24. The monoisotopic (exact) mass is 531 g/mol. The molecule has 0 heterocycles. The fraction of sp³-hybridized carbons (Fsp3) is 0.323. The lowest BCUT2D eigenvalue weighted by Crippen LogP contribution is -2.21. The van der Waals surface area contributed by atoms with Crippen LogP contribution in [0.15, 0.2) is 59.7 Å². The van der Waals surface area contributed by atoms with Crippen molar-refractivity contribution in [2.24, 2.45) is 5.10 Å². The smallest absolute Gasteiger partial charge is 0.273 e. The molecule has 39 heavy (non-hydrogen) atoms. The van der Waals surface area contributed by atoms with Crippen molar-refractivity contribution < 1.29 is 24.2 Å². The van der Waals surface area contributed by atoms with E-state index in [0.29, 0.717) is 22.7 Å². The molecule has 0 aliphatic rings. The van der Waals surface area contributed by atoms with Crippen molar-refractivity contribution in [1.82, 2.24) is 5.43 Å². The summed E-state index contributed by atoms with van der Waals surface area (Å²) in [6, 6.07) is 15.2. The Labute approximate surface area is 230 Å². The molecule has 0 unspecified atom stereocenters. The van der Waals surface area contributed by atoms with Gasteiger partial charge in [0, 0.05) is 16.7 Å². The molecule has 3 rings (SSSR count). The van der Waals surface area contributed by atoms with E-state index >= 15 is 0 Å². The molecule has 8 nitrogen and oxygen atoms in total. The van der Waals surface area contributed by atoms with E-state index < -0.39 is 11.8 Å². The van der Waals surface area contributed by atoms with Gasteiger partial charge in [0.15, 0.2) is 11.5 Å². The molecule has 0 saturated heterocycles. The number of anilines is 1. The van der Waals surface area contributed by atoms with Crippen LogP contribution in [-0.4, -0.2) is 37.4 Å². The molecule has 0 atom stereocenters. The summed E-state index contributed by atoms with van der Waals surface area (Å²) in [5, 5.41) is 17.9. The summed E-state index contributed by atoms with van der Waals surface area (Å²) >= 11 is 0. The lowest BCUT2D eigenvalue weighted by molar-refractivity contribution is 0.0956. The van der Waals surface area contributed by atoms with Crippen molar-refractivity contribution in [1.29, 1.82) is 0 Å². The number of aromatic hydroxyl groups is 1. The van der Waals surface area contributed by atoms with Crippen molar-refractivity contribution >= 4 is 23.7 Å². The Morgan fingerprint density at radius 1 is 0.821 bits per heavy atom. The van der Waals surface area contributed by atoms with Crippen LogP contribution in [0, 0.1) is 0 Å². The fourth-order valence-corrected chi connectivity index (χ4v) is 4.06. The first kappa shape index (κ1) is 29.2. The Balaban J connectivity index is 1.82. The zero-order chi connectivity index (χ0) is 29.0. The third-order valence-corrected chi connectivity index (χ3v) is 6.19. The van der Waals surface area contributed by atoms with Crippen LogP contribution in [0.25, 0.3) is 0 Å². The lowest BCUT2D eigenvalue weighted by atomic mass is 9.78. The first-order chi connectivity index (χ1) is 18.3. The van der Waals surface area contributed by atoms with Gasteiger partial charge < -0.3 is 19.9 Å². The van der Waals surface area contributed by atoms with Crippen molar-refractivity contribution in [3.63, 3.8) is 0 Å². The summed E-state index contributed by atoms with van der Waals surface area (Å²) in [6.45, 7) is 12.2. The van der Waals surface area contributed by atoms with Crippen LogP contribution in [0.3, 0.4) is 0 Å². The number of hydrogen-bond acceptors (Lipinski definition) is 6. The maximum atomic E-state index is 13.0. The second kappa shape index (κ2) is 11.6. The Morgan fingerprint density at radius 2 is 1.41 bits per heavy atom. The van der Waals surface area contributed by atoms with Crippen LogP contribution >= 0.6 is 0 Å². The SMILES string of the molecule is COc1ccc(C(=O)Nc2ccccc2C(=O)N/N=C/c2cc(C(C)(C)C)c(O)c(C(C)(C)C)c2)cc1OC. The number of carbonyl (C=O) groups excluding carboxylic acids is 2. The van der Waals surface area contributed by atoms with Gasteiger partial charge in [-0.15, -0.1) is 0 Å². The van der Waals surface area contributed by atoms with Gasteiger partial charge in [-0.3, -0.25) is 9.59 Å². The van der Waals surface area contributed by atoms with Crippen LogP contribution < -0.4 is 20.2 Å². The van der Waals surface area contributed by atoms with Gasteiger partial charge in [-0.2, -0.15) is 5.10 Å². The van der Waals surface area contributed by atoms with E-state index in [0.717, 1.165) is 16.7 Å². The van der Waals surface area contributed by atoms with Crippen molar-refractivity contribution in [2.45, 2.75) is 52.4 Å². The van der Waals surface area contributed by atoms with Gasteiger partial charge in [0.05, 0.1) is 31.7 Å². The van der Waals surface area contributed by atoms with E-state index in [1.54, 1.807) is 48.7 Å². The Hall–Kier alpha value is -4.33. The predicted octanol–water partition coefficient (Wildman–Crippen LogP) is 6.02. The van der Waals surface area contributed by atoms with E-state index in [-0.39, 0.29) is 22.1 Å². The third-order valence-electron chi connectivity index (χ3n) is 6.19. The van der Waals surface area contributed by atoms with Crippen LogP contribution in [0.5, 0.6) is 17.2 Å². The van der Waals surface area contributed by atoms with Crippen molar-refractivity contribution in [3.8, 4) is 17.2 Å². The summed E-state index contributed by atoms with van der Waals surface area (Å²) in [6.07, 6.45) is 1.55. The molecule has 206 valence electrons. The minimum Gasteiger partial charge on any atom is -0.507 e. The highest BCUT2D eigenvalue weighted by molar-refractivity contribution is 6.09. The van der Waals surface area contributed by atoms with E-state index in [4.69, 9.17) is 9.47 Å². The highest BCUT2D eigenvalue weighted by Crippen LogP contribution is 2.39. The minimum atomic E-state index is -0.486. The minimum absolute atomic E-state index is 0.250. The predicted molar refractivity (Wildman–Crippen MR) is 155 cm³/mol. The van der Waals surface area contributed by atoms with Crippen molar-refractivity contribution in [3.05, 3.63) is 82.4 Å². The number of hydrogen-bond donors (Lipinski definition) is 3. The number of amides is 2. The highest BCUT2D eigenvalue weighted by Gasteiger charge is 2.26. The zero-order valence-corrected chi connectivity index (χ0v) is 23.8. The topological polar surface area (TPSA) is 109 Å². The summed E-state index contributed by atoms with van der Waals surface area (Å²) in [7, 11) is 3.01. The number of rotatable bonds is 7. The number of hydrazone groups is 1. The molecule has 3 aromatic carbocycles. The molecule has 0 bridgehead atoms. The summed E-state index contributed by atoms with van der Waals surface area (Å²) < 4.78 is 10.5. The Kier molecular flexibility index (Phi) is 8.69. The molecular weight excluding hydrogens is 494 g/mol. The van der Waals surface area contributed by atoms with Gasteiger partial charge >= 0.3 is 0 Å². The van der Waals surface area contributed by atoms with Crippen LogP contribution in [-0.2, 0) is 10.8 Å². The number of ether oxygens (including phenoxy) is 2. The molecule has 0 spiro atoms. The van der Waals surface area contributed by atoms with Crippen LogP contribution in [0.4, 0.5) is 5.69 Å². The maximum Gasteiger partial charge on any atom is 0.273 e. The average molecular weight is 532 g/mol. The van der Waals surface area contributed by atoms with E-state index in [1.165, 1.54) is 14.2 Å². The van der Waals surface area contributed by atoms with Gasteiger partial charge in [0.2, 0.25) is 0 Å². The van der Waals surface area contributed by atoms with Crippen LogP contribution in [0.2, 0.25) is 0 Å². The standard InChI is InChI=1S/C31H37N3O5/c1-30(2,3)22-15-19(16-23(27(22)35)31(4,5)6)18-32-34-29(37)21-11-9-10-12-24(21)33-28(36)20-13-14-25(38-7)26(17-20)39-8/h9-18,35H,1-8H3,(H,33,36)(H,34,37)/b32-18+. The molecule has 0 aromatic heterocycles. The second-order valence-electron chi connectivity index (χ2n) is 11.2. The number of phenolic OH excluding ortho intramolecular Hbond substituents is 1. The average Bonchev–Trinajstić information content (AvgIpc) is 2.87. The summed E-state index contributed by atoms with van der Waals surface area (Å²) in [5.74, 6) is 0.303. The molecule has 0 aliphatic heterocycles. The van der Waals surface area contributed by atoms with E-state index in [9.17, 15) is 14.7 Å². The number of methoxy groups -OCH3 is 2.